The van der Waals surface area contributed by atoms with Crippen LogP contribution >= 0.6 is 11.6 Å². The Bertz CT molecular complexity index is 430. The van der Waals surface area contributed by atoms with Crippen molar-refractivity contribution in [3.8, 4) is 0 Å². The lowest BCUT2D eigenvalue weighted by Gasteiger charge is -2.36. The molecule has 1 fully saturated rings. The van der Waals surface area contributed by atoms with Crippen molar-refractivity contribution in [2.45, 2.75) is 51.5 Å². The molecule has 2 nitrogen and oxygen atoms in total. The molecule has 1 atom stereocenters. The number of hydrogen-bond acceptors (Lipinski definition) is 2. The minimum absolute atomic E-state index is 0.185. The van der Waals surface area contributed by atoms with E-state index in [-0.39, 0.29) is 22.3 Å². The van der Waals surface area contributed by atoms with Gasteiger partial charge in [-0.2, -0.15) is 0 Å². The van der Waals surface area contributed by atoms with Crippen LogP contribution in [0, 0.1) is 11.2 Å². The maximum Gasteiger partial charge on any atom is 0.141 e. The summed E-state index contributed by atoms with van der Waals surface area (Å²) in [5.74, 6) is 5.41. The lowest BCUT2D eigenvalue weighted by atomic mass is 9.74. The summed E-state index contributed by atoms with van der Waals surface area (Å²) in [5.41, 5.74) is 4.29. The van der Waals surface area contributed by atoms with Crippen molar-refractivity contribution < 1.29 is 4.39 Å². The zero-order valence-corrected chi connectivity index (χ0v) is 12.1. The molecule has 0 spiro atoms. The first-order chi connectivity index (χ1) is 9.11. The van der Waals surface area contributed by atoms with Crippen molar-refractivity contribution in [3.05, 3.63) is 34.6 Å². The van der Waals surface area contributed by atoms with Gasteiger partial charge in [-0.05, 0) is 48.8 Å². The summed E-state index contributed by atoms with van der Waals surface area (Å²) in [4.78, 5) is 0. The minimum Gasteiger partial charge on any atom is -0.271 e. The van der Waals surface area contributed by atoms with Gasteiger partial charge in [0.2, 0.25) is 0 Å². The first kappa shape index (κ1) is 14.8. The SMILES string of the molecule is CCC1(C(Cc2ccc(F)c(Cl)c2)NN)CCCC1. The topological polar surface area (TPSA) is 38.0 Å². The monoisotopic (exact) mass is 284 g/mol. The summed E-state index contributed by atoms with van der Waals surface area (Å²) in [7, 11) is 0. The van der Waals surface area contributed by atoms with Crippen LogP contribution in [0.15, 0.2) is 18.2 Å². The van der Waals surface area contributed by atoms with E-state index >= 15 is 0 Å². The number of halogens is 2. The summed E-state index contributed by atoms with van der Waals surface area (Å²) in [6.07, 6.45) is 6.90. The first-order valence-electron chi connectivity index (χ1n) is 7.01. The van der Waals surface area contributed by atoms with Crippen LogP contribution in [-0.2, 0) is 6.42 Å². The highest BCUT2D eigenvalue weighted by molar-refractivity contribution is 6.30. The molecular weight excluding hydrogens is 263 g/mol. The molecule has 0 radical (unpaired) electrons. The van der Waals surface area contributed by atoms with Gasteiger partial charge in [-0.15, -0.1) is 0 Å². The van der Waals surface area contributed by atoms with Crippen molar-refractivity contribution in [3.63, 3.8) is 0 Å². The molecule has 0 saturated heterocycles. The Labute approximate surface area is 119 Å². The van der Waals surface area contributed by atoms with Crippen LogP contribution < -0.4 is 11.3 Å². The molecule has 2 rings (SSSR count). The largest absolute Gasteiger partial charge is 0.271 e. The summed E-state index contributed by atoms with van der Waals surface area (Å²) >= 11 is 5.84. The van der Waals surface area contributed by atoms with Gasteiger partial charge in [0.05, 0.1) is 5.02 Å². The quantitative estimate of drug-likeness (QED) is 0.637. The average molecular weight is 285 g/mol. The molecule has 0 aromatic heterocycles. The molecular formula is C15H22ClFN2. The highest BCUT2D eigenvalue weighted by atomic mass is 35.5. The highest BCUT2D eigenvalue weighted by Crippen LogP contribution is 2.44. The molecule has 3 N–H and O–H groups in total. The molecule has 19 heavy (non-hydrogen) atoms. The third-order valence-corrected chi connectivity index (χ3v) is 4.96. The highest BCUT2D eigenvalue weighted by Gasteiger charge is 2.39. The number of benzene rings is 1. The summed E-state index contributed by atoms with van der Waals surface area (Å²) < 4.78 is 13.2. The zero-order valence-electron chi connectivity index (χ0n) is 11.4. The van der Waals surface area contributed by atoms with Gasteiger partial charge < -0.3 is 0 Å². The van der Waals surface area contributed by atoms with Crippen molar-refractivity contribution >= 4 is 11.6 Å². The van der Waals surface area contributed by atoms with Crippen LogP contribution in [-0.4, -0.2) is 6.04 Å². The van der Waals surface area contributed by atoms with Gasteiger partial charge in [0.25, 0.3) is 0 Å². The molecule has 1 aliphatic carbocycles. The van der Waals surface area contributed by atoms with E-state index in [1.54, 1.807) is 12.1 Å². The molecule has 1 aliphatic rings. The second-order valence-electron chi connectivity index (χ2n) is 5.59. The Balaban J connectivity index is 2.16. The number of hydrazine groups is 1. The Morgan fingerprint density at radius 2 is 2.11 bits per heavy atom. The predicted octanol–water partition coefficient (Wildman–Crippen LogP) is 3.82. The standard InChI is InChI=1S/C15H22ClFN2/c1-2-15(7-3-4-8-15)14(19-18)10-11-5-6-13(17)12(16)9-11/h5-6,9,14,19H,2-4,7-8,10,18H2,1H3. The number of hydrogen-bond donors (Lipinski definition) is 2. The van der Waals surface area contributed by atoms with Crippen molar-refractivity contribution in [1.29, 1.82) is 0 Å². The second-order valence-corrected chi connectivity index (χ2v) is 6.00. The fraction of sp³-hybridized carbons (Fsp3) is 0.600. The van der Waals surface area contributed by atoms with E-state index in [2.05, 4.69) is 12.3 Å². The Hall–Kier alpha value is -0.640. The Kier molecular flexibility index (Phi) is 4.82. The molecule has 106 valence electrons. The molecule has 1 unspecified atom stereocenters. The fourth-order valence-corrected chi connectivity index (χ4v) is 3.59. The lowest BCUT2D eigenvalue weighted by Crippen LogP contribution is -2.48. The van der Waals surface area contributed by atoms with E-state index in [0.29, 0.717) is 0 Å². The van der Waals surface area contributed by atoms with E-state index in [1.807, 2.05) is 0 Å². The minimum atomic E-state index is -0.367. The first-order valence-corrected chi connectivity index (χ1v) is 7.39. The molecule has 0 aliphatic heterocycles. The predicted molar refractivity (Wildman–Crippen MR) is 77.4 cm³/mol. The van der Waals surface area contributed by atoms with Gasteiger partial charge in [0.15, 0.2) is 0 Å². The Morgan fingerprint density at radius 3 is 2.63 bits per heavy atom. The maximum atomic E-state index is 13.2. The molecule has 1 saturated carbocycles. The van der Waals surface area contributed by atoms with Crippen LogP contribution in [0.1, 0.15) is 44.6 Å². The van der Waals surface area contributed by atoms with E-state index in [9.17, 15) is 4.39 Å². The molecule has 0 amide bonds. The average Bonchev–Trinajstić information content (AvgIpc) is 2.90. The lowest BCUT2D eigenvalue weighted by molar-refractivity contribution is 0.185. The van der Waals surface area contributed by atoms with E-state index in [4.69, 9.17) is 17.4 Å². The normalized spacial score (nSPS) is 19.6. The van der Waals surface area contributed by atoms with E-state index < -0.39 is 0 Å². The number of rotatable bonds is 5. The molecule has 0 heterocycles. The Morgan fingerprint density at radius 1 is 1.42 bits per heavy atom. The third-order valence-electron chi connectivity index (χ3n) is 4.67. The van der Waals surface area contributed by atoms with Crippen molar-refractivity contribution in [2.24, 2.45) is 11.3 Å². The van der Waals surface area contributed by atoms with Crippen molar-refractivity contribution in [1.82, 2.24) is 5.43 Å². The molecule has 1 aromatic carbocycles. The van der Waals surface area contributed by atoms with Gasteiger partial charge in [-0.25, -0.2) is 4.39 Å². The molecule has 4 heteroatoms. The zero-order chi connectivity index (χ0) is 13.9. The van der Waals surface area contributed by atoms with Gasteiger partial charge in [0.1, 0.15) is 5.82 Å². The fourth-order valence-electron chi connectivity index (χ4n) is 3.38. The van der Waals surface area contributed by atoms with Crippen LogP contribution in [0.4, 0.5) is 4.39 Å². The maximum absolute atomic E-state index is 13.2. The summed E-state index contributed by atoms with van der Waals surface area (Å²) in [6, 6.07) is 5.16. The van der Waals surface area contributed by atoms with Crippen LogP contribution in [0.2, 0.25) is 5.02 Å². The second kappa shape index (κ2) is 6.21. The van der Waals surface area contributed by atoms with Crippen LogP contribution in [0.25, 0.3) is 0 Å². The van der Waals surface area contributed by atoms with Gasteiger partial charge in [0, 0.05) is 6.04 Å². The summed E-state index contributed by atoms with van der Waals surface area (Å²) in [5, 5.41) is 0.185. The van der Waals surface area contributed by atoms with Crippen LogP contribution in [0.3, 0.4) is 0 Å². The van der Waals surface area contributed by atoms with E-state index in [0.717, 1.165) is 18.4 Å². The van der Waals surface area contributed by atoms with Crippen LogP contribution in [0.5, 0.6) is 0 Å². The van der Waals surface area contributed by atoms with E-state index in [1.165, 1.54) is 31.7 Å². The number of nitrogens with one attached hydrogen (secondary N) is 1. The third kappa shape index (κ3) is 3.10. The summed E-state index contributed by atoms with van der Waals surface area (Å²) in [6.45, 7) is 2.23. The van der Waals surface area contributed by atoms with Gasteiger partial charge in [-0.3, -0.25) is 11.3 Å². The smallest absolute Gasteiger partial charge is 0.141 e. The van der Waals surface area contributed by atoms with Crippen molar-refractivity contribution in [2.75, 3.05) is 0 Å². The van der Waals surface area contributed by atoms with Gasteiger partial charge >= 0.3 is 0 Å². The molecule has 0 bridgehead atoms. The number of nitrogens with two attached hydrogens (primary N) is 1. The molecule has 1 aromatic rings. The van der Waals surface area contributed by atoms with Gasteiger partial charge in [-0.1, -0.05) is 37.4 Å².